The van der Waals surface area contributed by atoms with Crippen molar-refractivity contribution in [2.45, 2.75) is 26.0 Å². The summed E-state index contributed by atoms with van der Waals surface area (Å²) in [5, 5.41) is 7.36. The van der Waals surface area contributed by atoms with Gasteiger partial charge in [-0.1, -0.05) is 30.3 Å². The summed E-state index contributed by atoms with van der Waals surface area (Å²) in [7, 11) is 3.99. The lowest BCUT2D eigenvalue weighted by Gasteiger charge is -2.17. The number of carbonyl (C=O) groups excluding carboxylic acids is 1. The standard InChI is InChI=1S/C19H26N4O2/c1-22(13-15-7-4-3-5-8-15)11-6-10-20-19(24)18-16-14-25-12-9-17(16)23(2)21-18/h3-5,7-8H,6,9-14H2,1-2H3,(H,20,24). The molecule has 134 valence electrons. The van der Waals surface area contributed by atoms with Gasteiger partial charge in [0.15, 0.2) is 5.69 Å². The Balaban J connectivity index is 1.44. The molecule has 1 N–H and O–H groups in total. The van der Waals surface area contributed by atoms with E-state index in [1.807, 2.05) is 13.1 Å². The fourth-order valence-electron chi connectivity index (χ4n) is 3.20. The van der Waals surface area contributed by atoms with Crippen molar-refractivity contribution in [2.75, 3.05) is 26.7 Å². The zero-order valence-electron chi connectivity index (χ0n) is 15.0. The first-order valence-electron chi connectivity index (χ1n) is 8.78. The minimum Gasteiger partial charge on any atom is -0.376 e. The highest BCUT2D eigenvalue weighted by Gasteiger charge is 2.23. The van der Waals surface area contributed by atoms with Crippen molar-refractivity contribution in [2.24, 2.45) is 7.05 Å². The van der Waals surface area contributed by atoms with Gasteiger partial charge >= 0.3 is 0 Å². The van der Waals surface area contributed by atoms with Gasteiger partial charge in [-0.15, -0.1) is 0 Å². The van der Waals surface area contributed by atoms with Gasteiger partial charge in [-0.05, 0) is 25.6 Å². The molecule has 0 bridgehead atoms. The summed E-state index contributed by atoms with van der Waals surface area (Å²) in [6.45, 7) is 3.66. The van der Waals surface area contributed by atoms with Gasteiger partial charge in [0.05, 0.1) is 13.2 Å². The van der Waals surface area contributed by atoms with Gasteiger partial charge < -0.3 is 15.0 Å². The Hall–Kier alpha value is -2.18. The van der Waals surface area contributed by atoms with Crippen LogP contribution in [0.4, 0.5) is 0 Å². The fraction of sp³-hybridized carbons (Fsp3) is 0.474. The molecular weight excluding hydrogens is 316 g/mol. The highest BCUT2D eigenvalue weighted by molar-refractivity contribution is 5.94. The Labute approximate surface area is 148 Å². The van der Waals surface area contributed by atoms with Crippen LogP contribution in [0.2, 0.25) is 0 Å². The Kier molecular flexibility index (Phi) is 5.83. The zero-order chi connectivity index (χ0) is 17.6. The van der Waals surface area contributed by atoms with Crippen LogP contribution in [0.1, 0.15) is 33.7 Å². The second-order valence-corrected chi connectivity index (χ2v) is 6.53. The molecule has 0 spiro atoms. The quantitative estimate of drug-likeness (QED) is 0.779. The number of fused-ring (bicyclic) bond motifs is 1. The summed E-state index contributed by atoms with van der Waals surface area (Å²) in [6, 6.07) is 10.4. The van der Waals surface area contributed by atoms with Gasteiger partial charge in [0.2, 0.25) is 0 Å². The van der Waals surface area contributed by atoms with E-state index in [4.69, 9.17) is 4.74 Å². The number of nitrogens with zero attached hydrogens (tertiary/aromatic N) is 3. The largest absolute Gasteiger partial charge is 0.376 e. The molecule has 0 fully saturated rings. The molecule has 1 aromatic heterocycles. The molecule has 1 aliphatic heterocycles. The fourth-order valence-corrected chi connectivity index (χ4v) is 3.20. The number of hydrogen-bond donors (Lipinski definition) is 1. The lowest BCUT2D eigenvalue weighted by atomic mass is 10.1. The van der Waals surface area contributed by atoms with Crippen LogP contribution in [0.5, 0.6) is 0 Å². The lowest BCUT2D eigenvalue weighted by Crippen LogP contribution is -2.29. The van der Waals surface area contributed by atoms with E-state index in [9.17, 15) is 4.79 Å². The van der Waals surface area contributed by atoms with Crippen molar-refractivity contribution in [1.29, 1.82) is 0 Å². The molecule has 6 heteroatoms. The van der Waals surface area contributed by atoms with Crippen molar-refractivity contribution < 1.29 is 9.53 Å². The van der Waals surface area contributed by atoms with Gasteiger partial charge in [0.25, 0.3) is 5.91 Å². The van der Waals surface area contributed by atoms with Gasteiger partial charge in [0, 0.05) is 37.8 Å². The van der Waals surface area contributed by atoms with Gasteiger partial charge in [-0.2, -0.15) is 5.10 Å². The number of rotatable bonds is 7. The molecule has 3 rings (SSSR count). The maximum atomic E-state index is 12.4. The number of hydrogen-bond acceptors (Lipinski definition) is 4. The predicted molar refractivity (Wildman–Crippen MR) is 96.3 cm³/mol. The van der Waals surface area contributed by atoms with Crippen LogP contribution in [-0.2, 0) is 31.4 Å². The normalized spacial score (nSPS) is 13.7. The first-order valence-corrected chi connectivity index (χ1v) is 8.78. The summed E-state index contributed by atoms with van der Waals surface area (Å²) >= 11 is 0. The van der Waals surface area contributed by atoms with Gasteiger partial charge in [-0.25, -0.2) is 0 Å². The monoisotopic (exact) mass is 342 g/mol. The van der Waals surface area contributed by atoms with E-state index in [-0.39, 0.29) is 5.91 Å². The van der Waals surface area contributed by atoms with Crippen LogP contribution >= 0.6 is 0 Å². The van der Waals surface area contributed by atoms with E-state index in [0.29, 0.717) is 25.5 Å². The summed E-state index contributed by atoms with van der Waals surface area (Å²) in [6.07, 6.45) is 1.72. The molecule has 25 heavy (non-hydrogen) atoms. The molecule has 0 saturated carbocycles. The second-order valence-electron chi connectivity index (χ2n) is 6.53. The summed E-state index contributed by atoms with van der Waals surface area (Å²) in [4.78, 5) is 14.7. The molecule has 2 aromatic rings. The molecular formula is C19H26N4O2. The first-order chi connectivity index (χ1) is 12.1. The van der Waals surface area contributed by atoms with Crippen molar-refractivity contribution in [1.82, 2.24) is 20.0 Å². The topological polar surface area (TPSA) is 59.4 Å². The van der Waals surface area contributed by atoms with Crippen molar-refractivity contribution in [3.05, 3.63) is 52.8 Å². The maximum Gasteiger partial charge on any atom is 0.272 e. The summed E-state index contributed by atoms with van der Waals surface area (Å²) in [5.74, 6) is -0.104. The Bertz CT molecular complexity index is 712. The average Bonchev–Trinajstić information content (AvgIpc) is 2.97. The van der Waals surface area contributed by atoms with E-state index in [0.717, 1.165) is 37.2 Å². The van der Waals surface area contributed by atoms with E-state index in [1.54, 1.807) is 4.68 Å². The van der Waals surface area contributed by atoms with Crippen LogP contribution < -0.4 is 5.32 Å². The molecule has 1 aromatic carbocycles. The second kappa shape index (κ2) is 8.27. The molecule has 0 aliphatic carbocycles. The third kappa shape index (κ3) is 4.46. The van der Waals surface area contributed by atoms with Gasteiger partial charge in [0.1, 0.15) is 0 Å². The SMILES string of the molecule is CN(CCCNC(=O)c1nn(C)c2c1COCC2)Cc1ccccc1. The number of ether oxygens (including phenoxy) is 1. The van der Waals surface area contributed by atoms with E-state index >= 15 is 0 Å². The maximum absolute atomic E-state index is 12.4. The Morgan fingerprint density at radius 3 is 2.96 bits per heavy atom. The van der Waals surface area contributed by atoms with Crippen molar-refractivity contribution in [3.63, 3.8) is 0 Å². The number of nitrogens with one attached hydrogen (secondary N) is 1. The van der Waals surface area contributed by atoms with E-state index < -0.39 is 0 Å². The average molecular weight is 342 g/mol. The smallest absolute Gasteiger partial charge is 0.272 e. The zero-order valence-corrected chi connectivity index (χ0v) is 15.0. The highest BCUT2D eigenvalue weighted by atomic mass is 16.5. The number of carbonyl (C=O) groups is 1. The summed E-state index contributed by atoms with van der Waals surface area (Å²) < 4.78 is 7.28. The number of amides is 1. The third-order valence-electron chi connectivity index (χ3n) is 4.52. The highest BCUT2D eigenvalue weighted by Crippen LogP contribution is 2.19. The molecule has 0 atom stereocenters. The van der Waals surface area contributed by atoms with Crippen LogP contribution in [0, 0.1) is 0 Å². The van der Waals surface area contributed by atoms with Crippen molar-refractivity contribution in [3.8, 4) is 0 Å². The third-order valence-corrected chi connectivity index (χ3v) is 4.52. The summed E-state index contributed by atoms with van der Waals surface area (Å²) in [5.41, 5.74) is 3.86. The lowest BCUT2D eigenvalue weighted by molar-refractivity contribution is 0.0923. The molecule has 1 aliphatic rings. The minimum atomic E-state index is -0.104. The van der Waals surface area contributed by atoms with Gasteiger partial charge in [-0.3, -0.25) is 9.48 Å². The molecule has 0 saturated heterocycles. The molecule has 0 radical (unpaired) electrons. The molecule has 1 amide bonds. The van der Waals surface area contributed by atoms with Crippen LogP contribution in [0.15, 0.2) is 30.3 Å². The van der Waals surface area contributed by atoms with E-state index in [1.165, 1.54) is 5.56 Å². The van der Waals surface area contributed by atoms with Crippen molar-refractivity contribution >= 4 is 5.91 Å². The number of benzene rings is 1. The molecule has 0 unspecified atom stereocenters. The van der Waals surface area contributed by atoms with Crippen LogP contribution in [0.3, 0.4) is 0 Å². The molecule has 6 nitrogen and oxygen atoms in total. The number of aromatic nitrogens is 2. The van der Waals surface area contributed by atoms with Crippen LogP contribution in [-0.4, -0.2) is 47.3 Å². The van der Waals surface area contributed by atoms with E-state index in [2.05, 4.69) is 46.6 Å². The minimum absolute atomic E-state index is 0.104. The van der Waals surface area contributed by atoms with Crippen LogP contribution in [0.25, 0.3) is 0 Å². The Morgan fingerprint density at radius 1 is 1.36 bits per heavy atom. The Morgan fingerprint density at radius 2 is 2.16 bits per heavy atom. The first kappa shape index (κ1) is 17.6. The predicted octanol–water partition coefficient (Wildman–Crippen LogP) is 1.74. The number of aryl methyl sites for hydroxylation is 1. The molecule has 2 heterocycles.